The lowest BCUT2D eigenvalue weighted by Crippen LogP contribution is -2.20. The van der Waals surface area contributed by atoms with Crippen LogP contribution in [0.4, 0.5) is 11.5 Å². The number of rotatable bonds is 5. The Balaban J connectivity index is 2.04. The van der Waals surface area contributed by atoms with Gasteiger partial charge in [0.1, 0.15) is 12.0 Å². The average molecular weight is 266 g/mol. The number of nitrogen functional groups attached to an aromatic ring is 1. The number of hydrogen-bond donors (Lipinski definition) is 2. The van der Waals surface area contributed by atoms with Crippen LogP contribution in [0.15, 0.2) is 6.33 Å². The number of nitrogens with one attached hydrogen (secondary N) is 1. The highest BCUT2D eigenvalue weighted by Crippen LogP contribution is 2.29. The number of hydrogen-bond acceptors (Lipinski definition) is 6. The largest absolute Gasteiger partial charge is 0.473 e. The minimum absolute atomic E-state index is 0.0365. The molecule has 1 saturated carbocycles. The molecule has 6 heteroatoms. The van der Waals surface area contributed by atoms with Crippen LogP contribution in [0.2, 0.25) is 0 Å². The fourth-order valence-corrected chi connectivity index (χ4v) is 2.29. The Hall–Kier alpha value is -1.56. The molecule has 0 radical (unpaired) electrons. The van der Waals surface area contributed by atoms with E-state index in [1.807, 2.05) is 13.8 Å². The van der Waals surface area contributed by atoms with E-state index in [4.69, 9.17) is 15.2 Å². The first-order chi connectivity index (χ1) is 9.10. The Morgan fingerprint density at radius 3 is 2.79 bits per heavy atom. The average Bonchev–Trinajstić information content (AvgIpc) is 2.81. The van der Waals surface area contributed by atoms with E-state index in [2.05, 4.69) is 15.3 Å². The van der Waals surface area contributed by atoms with Gasteiger partial charge in [-0.3, -0.25) is 0 Å². The molecule has 2 unspecified atom stereocenters. The third-order valence-electron chi connectivity index (χ3n) is 3.25. The fourth-order valence-electron chi connectivity index (χ4n) is 2.29. The number of nitrogens with zero attached hydrogens (tertiary/aromatic N) is 2. The number of ether oxygens (including phenoxy) is 2. The van der Waals surface area contributed by atoms with Gasteiger partial charge in [0.25, 0.3) is 0 Å². The first-order valence-corrected chi connectivity index (χ1v) is 6.66. The summed E-state index contributed by atoms with van der Waals surface area (Å²) >= 11 is 0. The van der Waals surface area contributed by atoms with E-state index < -0.39 is 0 Å². The van der Waals surface area contributed by atoms with Crippen LogP contribution in [0.1, 0.15) is 33.1 Å². The van der Waals surface area contributed by atoms with Crippen LogP contribution in [-0.4, -0.2) is 35.3 Å². The quantitative estimate of drug-likeness (QED) is 0.846. The van der Waals surface area contributed by atoms with Gasteiger partial charge < -0.3 is 20.5 Å². The zero-order chi connectivity index (χ0) is 13.8. The zero-order valence-electron chi connectivity index (χ0n) is 11.7. The molecule has 0 bridgehead atoms. The molecule has 1 aliphatic carbocycles. The maximum Gasteiger partial charge on any atom is 0.242 e. The van der Waals surface area contributed by atoms with E-state index in [9.17, 15) is 0 Å². The molecule has 2 atom stereocenters. The highest BCUT2D eigenvalue weighted by molar-refractivity contribution is 5.66. The molecule has 2 rings (SSSR count). The maximum atomic E-state index is 6.03. The number of methoxy groups -OCH3 is 1. The van der Waals surface area contributed by atoms with Crippen LogP contribution in [0.3, 0.4) is 0 Å². The van der Waals surface area contributed by atoms with Crippen molar-refractivity contribution < 1.29 is 9.47 Å². The molecule has 0 spiro atoms. The van der Waals surface area contributed by atoms with Gasteiger partial charge in [0.15, 0.2) is 5.82 Å². The summed E-state index contributed by atoms with van der Waals surface area (Å²) < 4.78 is 10.9. The van der Waals surface area contributed by atoms with Gasteiger partial charge in [-0.25, -0.2) is 4.98 Å². The molecular formula is C13H22N4O2. The van der Waals surface area contributed by atoms with Gasteiger partial charge in [-0.2, -0.15) is 4.98 Å². The van der Waals surface area contributed by atoms with Crippen LogP contribution in [0.25, 0.3) is 0 Å². The summed E-state index contributed by atoms with van der Waals surface area (Å²) in [6, 6.07) is 0.342. The highest BCUT2D eigenvalue weighted by Gasteiger charge is 2.25. The van der Waals surface area contributed by atoms with Crippen LogP contribution in [0.5, 0.6) is 5.88 Å². The predicted octanol–water partition coefficient (Wildman–Crippen LogP) is 1.83. The second-order valence-electron chi connectivity index (χ2n) is 5.12. The van der Waals surface area contributed by atoms with Crippen molar-refractivity contribution in [2.45, 2.75) is 51.4 Å². The molecule has 1 aliphatic rings. The number of nitrogens with two attached hydrogens (primary N) is 1. The SMILES string of the molecule is COC1CCC(Nc2ncnc(OC(C)C)c2N)C1. The summed E-state index contributed by atoms with van der Waals surface area (Å²) in [5.74, 6) is 1.08. The van der Waals surface area contributed by atoms with E-state index in [0.29, 0.717) is 29.5 Å². The predicted molar refractivity (Wildman–Crippen MR) is 74.3 cm³/mol. The van der Waals surface area contributed by atoms with Crippen LogP contribution in [0, 0.1) is 0 Å². The van der Waals surface area contributed by atoms with Crippen molar-refractivity contribution in [2.24, 2.45) is 0 Å². The van der Waals surface area contributed by atoms with Crippen molar-refractivity contribution in [2.75, 3.05) is 18.2 Å². The molecule has 1 aromatic heterocycles. The summed E-state index contributed by atoms with van der Waals surface area (Å²) in [6.07, 6.45) is 4.93. The first kappa shape index (κ1) is 13.9. The van der Waals surface area contributed by atoms with Crippen molar-refractivity contribution in [3.8, 4) is 5.88 Å². The molecule has 0 aromatic carbocycles. The van der Waals surface area contributed by atoms with Gasteiger partial charge in [-0.1, -0.05) is 0 Å². The summed E-state index contributed by atoms with van der Waals surface area (Å²) in [7, 11) is 1.75. The second kappa shape index (κ2) is 6.06. The zero-order valence-corrected chi connectivity index (χ0v) is 11.7. The molecular weight excluding hydrogens is 244 g/mol. The van der Waals surface area contributed by atoms with E-state index in [1.165, 1.54) is 6.33 Å². The van der Waals surface area contributed by atoms with Crippen molar-refractivity contribution in [3.63, 3.8) is 0 Å². The molecule has 106 valence electrons. The minimum atomic E-state index is 0.0365. The third kappa shape index (κ3) is 3.47. The second-order valence-corrected chi connectivity index (χ2v) is 5.12. The first-order valence-electron chi connectivity index (χ1n) is 6.66. The Kier molecular flexibility index (Phi) is 4.42. The Bertz CT molecular complexity index is 425. The Morgan fingerprint density at radius 2 is 2.16 bits per heavy atom. The lowest BCUT2D eigenvalue weighted by atomic mass is 10.2. The van der Waals surface area contributed by atoms with Gasteiger partial charge in [0, 0.05) is 13.2 Å². The van der Waals surface area contributed by atoms with Crippen molar-refractivity contribution in [3.05, 3.63) is 6.33 Å². The number of aromatic nitrogens is 2. The Morgan fingerprint density at radius 1 is 1.37 bits per heavy atom. The molecule has 0 amide bonds. The van der Waals surface area contributed by atoms with Crippen LogP contribution < -0.4 is 15.8 Å². The molecule has 1 heterocycles. The minimum Gasteiger partial charge on any atom is -0.473 e. The Labute approximate surface area is 113 Å². The number of anilines is 2. The summed E-state index contributed by atoms with van der Waals surface area (Å²) in [5.41, 5.74) is 6.50. The monoisotopic (exact) mass is 266 g/mol. The summed E-state index contributed by atoms with van der Waals surface area (Å²) in [4.78, 5) is 8.25. The van der Waals surface area contributed by atoms with Gasteiger partial charge in [-0.15, -0.1) is 0 Å². The summed E-state index contributed by atoms with van der Waals surface area (Å²) in [6.45, 7) is 3.88. The van der Waals surface area contributed by atoms with Gasteiger partial charge >= 0.3 is 0 Å². The molecule has 6 nitrogen and oxygen atoms in total. The molecule has 19 heavy (non-hydrogen) atoms. The molecule has 3 N–H and O–H groups in total. The highest BCUT2D eigenvalue weighted by atomic mass is 16.5. The third-order valence-corrected chi connectivity index (χ3v) is 3.25. The summed E-state index contributed by atoms with van der Waals surface area (Å²) in [5, 5.41) is 3.35. The van der Waals surface area contributed by atoms with E-state index in [-0.39, 0.29) is 6.10 Å². The van der Waals surface area contributed by atoms with E-state index >= 15 is 0 Å². The standard InChI is InChI=1S/C13H22N4O2/c1-8(2)19-13-11(14)12(15-7-16-13)17-9-4-5-10(6-9)18-3/h7-10H,4-6,14H2,1-3H3,(H,15,16,17). The van der Waals surface area contributed by atoms with E-state index in [1.54, 1.807) is 7.11 Å². The maximum absolute atomic E-state index is 6.03. The molecule has 1 fully saturated rings. The molecule has 0 aliphatic heterocycles. The van der Waals surface area contributed by atoms with Crippen LogP contribution in [-0.2, 0) is 4.74 Å². The van der Waals surface area contributed by atoms with E-state index in [0.717, 1.165) is 19.3 Å². The van der Waals surface area contributed by atoms with Gasteiger partial charge in [0.2, 0.25) is 5.88 Å². The van der Waals surface area contributed by atoms with Gasteiger partial charge in [-0.05, 0) is 33.1 Å². The van der Waals surface area contributed by atoms with Crippen molar-refractivity contribution in [1.29, 1.82) is 0 Å². The molecule has 0 saturated heterocycles. The van der Waals surface area contributed by atoms with Gasteiger partial charge in [0.05, 0.1) is 12.2 Å². The smallest absolute Gasteiger partial charge is 0.242 e. The van der Waals surface area contributed by atoms with Crippen molar-refractivity contribution in [1.82, 2.24) is 9.97 Å². The lowest BCUT2D eigenvalue weighted by molar-refractivity contribution is 0.108. The normalized spacial score (nSPS) is 22.7. The fraction of sp³-hybridized carbons (Fsp3) is 0.692. The van der Waals surface area contributed by atoms with Crippen molar-refractivity contribution >= 4 is 11.5 Å². The topological polar surface area (TPSA) is 82.3 Å². The van der Waals surface area contributed by atoms with Crippen LogP contribution >= 0.6 is 0 Å². The molecule has 1 aromatic rings. The lowest BCUT2D eigenvalue weighted by Gasteiger charge is -2.17.